The Morgan fingerprint density at radius 3 is 1.46 bits per heavy atom. The first-order chi connectivity index (χ1) is 30.2. The summed E-state index contributed by atoms with van der Waals surface area (Å²) in [7, 11) is -1.91. The number of anilines is 3. The van der Waals surface area contributed by atoms with E-state index in [1.54, 1.807) is 0 Å². The second-order valence-corrected chi connectivity index (χ2v) is 19.5. The molecule has 61 heavy (non-hydrogen) atoms. The standard InChI is InChI=1S/C58H41NS2/c1-5-17-42(18-6-1)45-33-37-57-55(39-45)56-41-48(36-38-58(56)60-57)59(46-34-31-44(32-35-46)54-30-15-20-43-19-13-14-29-53(43)54)47-21-16-28-52(40-47)61(49-22-7-2-8-23-49,50-24-9-3-10-25-50)51-26-11-4-12-27-51/h1-41H. The van der Waals surface area contributed by atoms with Gasteiger partial charge in [-0.05, 0) is 130 Å². The van der Waals surface area contributed by atoms with E-state index in [-0.39, 0.29) is 0 Å². The molecule has 0 fully saturated rings. The van der Waals surface area contributed by atoms with Crippen LogP contribution in [0.1, 0.15) is 0 Å². The van der Waals surface area contributed by atoms with Crippen molar-refractivity contribution in [1.29, 1.82) is 0 Å². The maximum Gasteiger partial charge on any atom is 0.0472 e. The van der Waals surface area contributed by atoms with Gasteiger partial charge in [0.25, 0.3) is 0 Å². The van der Waals surface area contributed by atoms with E-state index in [0.717, 1.165) is 17.1 Å². The predicted molar refractivity (Wildman–Crippen MR) is 262 cm³/mol. The average Bonchev–Trinajstić information content (AvgIpc) is 3.71. The molecule has 1 aromatic heterocycles. The summed E-state index contributed by atoms with van der Waals surface area (Å²) in [6.45, 7) is 0. The third-order valence-corrected chi connectivity index (χ3v) is 16.8. The van der Waals surface area contributed by atoms with Gasteiger partial charge in [-0.15, -0.1) is 21.4 Å². The monoisotopic (exact) mass is 815 g/mol. The van der Waals surface area contributed by atoms with Crippen molar-refractivity contribution in [3.05, 3.63) is 249 Å². The Labute approximate surface area is 362 Å². The number of nitrogens with zero attached hydrogens (tertiary/aromatic N) is 1. The minimum atomic E-state index is -1.91. The third-order valence-electron chi connectivity index (χ3n) is 11.8. The van der Waals surface area contributed by atoms with Crippen molar-refractivity contribution in [2.45, 2.75) is 19.6 Å². The molecule has 0 amide bonds. The predicted octanol–water partition coefficient (Wildman–Crippen LogP) is 17.4. The van der Waals surface area contributed by atoms with E-state index in [2.05, 4.69) is 254 Å². The lowest BCUT2D eigenvalue weighted by molar-refractivity contribution is 1.22. The molecule has 0 saturated heterocycles. The van der Waals surface area contributed by atoms with Gasteiger partial charge < -0.3 is 4.90 Å². The lowest BCUT2D eigenvalue weighted by Crippen LogP contribution is -2.11. The van der Waals surface area contributed by atoms with Crippen molar-refractivity contribution in [2.24, 2.45) is 0 Å². The molecular weight excluding hydrogens is 775 g/mol. The number of benzene rings is 10. The van der Waals surface area contributed by atoms with Gasteiger partial charge in [0.1, 0.15) is 0 Å². The van der Waals surface area contributed by atoms with E-state index >= 15 is 0 Å². The van der Waals surface area contributed by atoms with Crippen molar-refractivity contribution in [3.8, 4) is 22.3 Å². The van der Waals surface area contributed by atoms with Gasteiger partial charge in [-0.25, -0.2) is 0 Å². The zero-order valence-electron chi connectivity index (χ0n) is 33.4. The quantitative estimate of drug-likeness (QED) is 0.140. The first kappa shape index (κ1) is 36.9. The molecule has 0 radical (unpaired) electrons. The highest BCUT2D eigenvalue weighted by Gasteiger charge is 2.33. The molecule has 10 aromatic carbocycles. The Kier molecular flexibility index (Phi) is 9.54. The van der Waals surface area contributed by atoms with Crippen LogP contribution in [0.15, 0.2) is 268 Å². The number of hydrogen-bond donors (Lipinski definition) is 0. The summed E-state index contributed by atoms with van der Waals surface area (Å²) in [5.41, 5.74) is 8.22. The molecule has 11 aromatic rings. The largest absolute Gasteiger partial charge is 0.310 e. The van der Waals surface area contributed by atoms with E-state index in [1.807, 2.05) is 11.3 Å². The molecule has 0 N–H and O–H groups in total. The second kappa shape index (κ2) is 15.8. The fourth-order valence-electron chi connectivity index (χ4n) is 8.93. The fraction of sp³-hybridized carbons (Fsp3) is 0. The van der Waals surface area contributed by atoms with Gasteiger partial charge in [0.15, 0.2) is 0 Å². The highest BCUT2D eigenvalue weighted by molar-refractivity contribution is 8.34. The Morgan fingerprint density at radius 2 is 0.787 bits per heavy atom. The van der Waals surface area contributed by atoms with Gasteiger partial charge in [0, 0.05) is 56.8 Å². The lowest BCUT2D eigenvalue weighted by atomic mass is 9.98. The molecule has 0 aliphatic heterocycles. The highest BCUT2D eigenvalue weighted by atomic mass is 32.3. The summed E-state index contributed by atoms with van der Waals surface area (Å²) in [6, 6.07) is 91.6. The van der Waals surface area contributed by atoms with Crippen LogP contribution in [0.2, 0.25) is 0 Å². The van der Waals surface area contributed by atoms with Crippen molar-refractivity contribution in [2.75, 3.05) is 4.90 Å². The zero-order chi connectivity index (χ0) is 40.6. The van der Waals surface area contributed by atoms with E-state index in [4.69, 9.17) is 0 Å². The number of fused-ring (bicyclic) bond motifs is 4. The third kappa shape index (κ3) is 6.60. The molecule has 0 spiro atoms. The molecule has 1 nitrogen and oxygen atoms in total. The van der Waals surface area contributed by atoms with Crippen LogP contribution in [-0.4, -0.2) is 0 Å². The lowest BCUT2D eigenvalue weighted by Gasteiger charge is -2.42. The van der Waals surface area contributed by atoms with Gasteiger partial charge in [-0.3, -0.25) is 0 Å². The molecule has 290 valence electrons. The van der Waals surface area contributed by atoms with Crippen LogP contribution in [0.5, 0.6) is 0 Å². The number of hydrogen-bond acceptors (Lipinski definition) is 2. The Bertz CT molecular complexity index is 3180. The van der Waals surface area contributed by atoms with Crippen LogP contribution < -0.4 is 4.90 Å². The second-order valence-electron chi connectivity index (χ2n) is 15.3. The fourth-order valence-corrected chi connectivity index (χ4v) is 13.9. The van der Waals surface area contributed by atoms with Crippen LogP contribution in [-0.2, 0) is 0 Å². The van der Waals surface area contributed by atoms with Gasteiger partial charge in [-0.2, -0.15) is 0 Å². The summed E-state index contributed by atoms with van der Waals surface area (Å²) in [5.74, 6) is 0. The first-order valence-electron chi connectivity index (χ1n) is 20.7. The first-order valence-corrected chi connectivity index (χ1v) is 23.2. The molecule has 3 heteroatoms. The molecule has 0 aliphatic carbocycles. The maximum absolute atomic E-state index is 2.45. The van der Waals surface area contributed by atoms with Crippen LogP contribution in [0.25, 0.3) is 53.2 Å². The average molecular weight is 816 g/mol. The molecule has 0 unspecified atom stereocenters. The van der Waals surface area contributed by atoms with E-state index in [9.17, 15) is 0 Å². The summed E-state index contributed by atoms with van der Waals surface area (Å²) in [6.07, 6.45) is 0. The van der Waals surface area contributed by atoms with Gasteiger partial charge >= 0.3 is 0 Å². The normalized spacial score (nSPS) is 11.9. The van der Waals surface area contributed by atoms with Crippen molar-refractivity contribution < 1.29 is 0 Å². The number of rotatable bonds is 9. The maximum atomic E-state index is 2.45. The molecule has 0 aliphatic rings. The van der Waals surface area contributed by atoms with Crippen molar-refractivity contribution >= 4 is 69.4 Å². The zero-order valence-corrected chi connectivity index (χ0v) is 35.1. The summed E-state index contributed by atoms with van der Waals surface area (Å²) < 4.78 is 2.58. The Hall–Kier alpha value is -7.17. The molecular formula is C58H41NS2. The highest BCUT2D eigenvalue weighted by Crippen LogP contribution is 2.73. The van der Waals surface area contributed by atoms with Gasteiger partial charge in [-0.1, -0.05) is 152 Å². The summed E-state index contributed by atoms with van der Waals surface area (Å²) in [4.78, 5) is 7.63. The molecule has 0 atom stereocenters. The Balaban J connectivity index is 1.13. The van der Waals surface area contributed by atoms with Crippen LogP contribution in [0.3, 0.4) is 0 Å². The Morgan fingerprint density at radius 1 is 0.295 bits per heavy atom. The minimum absolute atomic E-state index is 1.10. The number of thiophene rings is 1. The van der Waals surface area contributed by atoms with Crippen LogP contribution >= 0.6 is 21.4 Å². The molecule has 0 bridgehead atoms. The molecule has 1 heterocycles. The van der Waals surface area contributed by atoms with Gasteiger partial charge in [0.2, 0.25) is 0 Å². The minimum Gasteiger partial charge on any atom is -0.310 e. The molecule has 11 rings (SSSR count). The van der Waals surface area contributed by atoms with Crippen LogP contribution in [0, 0.1) is 0 Å². The summed E-state index contributed by atoms with van der Waals surface area (Å²) in [5, 5.41) is 5.05. The molecule has 0 saturated carbocycles. The van der Waals surface area contributed by atoms with Gasteiger partial charge in [0.05, 0.1) is 0 Å². The van der Waals surface area contributed by atoms with Crippen LogP contribution in [0.4, 0.5) is 17.1 Å². The topological polar surface area (TPSA) is 3.24 Å². The summed E-state index contributed by atoms with van der Waals surface area (Å²) >= 11 is 1.86. The smallest absolute Gasteiger partial charge is 0.0472 e. The van der Waals surface area contributed by atoms with E-state index < -0.39 is 10.0 Å². The van der Waals surface area contributed by atoms with E-state index in [0.29, 0.717) is 0 Å². The van der Waals surface area contributed by atoms with E-state index in [1.165, 1.54) is 72.8 Å². The van der Waals surface area contributed by atoms with Crippen molar-refractivity contribution in [3.63, 3.8) is 0 Å². The SMILES string of the molecule is c1ccc(-c2ccc3sc4ccc(N(c5ccc(-c6cccc7ccccc67)cc5)c5cccc(S(c6ccccc6)(c6ccccc6)c6ccccc6)c5)cc4c3c2)cc1. The van der Waals surface area contributed by atoms with Crippen molar-refractivity contribution in [1.82, 2.24) is 0 Å².